The van der Waals surface area contributed by atoms with Crippen molar-refractivity contribution in [2.45, 2.75) is 0 Å². The van der Waals surface area contributed by atoms with Crippen LogP contribution in [0.4, 0.5) is 0 Å². The molecular formula is C19H13IN2. The molecule has 0 amide bonds. The molecule has 0 bridgehead atoms. The molecule has 0 fully saturated rings. The average Bonchev–Trinajstić information content (AvgIpc) is 2.96. The van der Waals surface area contributed by atoms with Gasteiger partial charge < -0.3 is 0 Å². The molecule has 0 aliphatic rings. The molecule has 2 heterocycles. The minimum Gasteiger partial charge on any atom is -0.299 e. The van der Waals surface area contributed by atoms with Crippen LogP contribution in [0.5, 0.6) is 0 Å². The van der Waals surface area contributed by atoms with Crippen LogP contribution in [0, 0.1) is 3.57 Å². The van der Waals surface area contributed by atoms with Gasteiger partial charge in [-0.1, -0.05) is 48.5 Å². The number of hydrogen-bond donors (Lipinski definition) is 0. The maximum atomic E-state index is 4.92. The van der Waals surface area contributed by atoms with E-state index in [0.29, 0.717) is 0 Å². The van der Waals surface area contributed by atoms with Crippen LogP contribution < -0.4 is 0 Å². The number of fused-ring (bicyclic) bond motifs is 1. The topological polar surface area (TPSA) is 17.3 Å². The molecule has 0 aliphatic heterocycles. The first-order chi connectivity index (χ1) is 10.8. The number of benzene rings is 2. The van der Waals surface area contributed by atoms with Crippen LogP contribution in [0.15, 0.2) is 79.0 Å². The van der Waals surface area contributed by atoms with Crippen molar-refractivity contribution in [1.29, 1.82) is 0 Å². The first-order valence-corrected chi connectivity index (χ1v) is 8.19. The minimum atomic E-state index is 0.978. The Kier molecular flexibility index (Phi) is 3.42. The van der Waals surface area contributed by atoms with Crippen molar-refractivity contribution in [3.05, 3.63) is 82.6 Å². The second-order valence-corrected chi connectivity index (χ2v) is 6.36. The van der Waals surface area contributed by atoms with Crippen LogP contribution in [0.3, 0.4) is 0 Å². The molecule has 0 N–H and O–H groups in total. The molecule has 2 aromatic carbocycles. The van der Waals surface area contributed by atoms with E-state index in [-0.39, 0.29) is 0 Å². The van der Waals surface area contributed by atoms with Gasteiger partial charge in [0.05, 0.1) is 11.2 Å². The van der Waals surface area contributed by atoms with Crippen molar-refractivity contribution in [1.82, 2.24) is 9.38 Å². The lowest BCUT2D eigenvalue weighted by Gasteiger charge is -2.01. The average molecular weight is 396 g/mol. The first kappa shape index (κ1) is 13.5. The Balaban J connectivity index is 1.99. The molecule has 0 saturated carbocycles. The molecule has 3 heteroatoms. The highest BCUT2D eigenvalue weighted by Crippen LogP contribution is 2.29. The maximum Gasteiger partial charge on any atom is 0.145 e. The number of rotatable bonds is 2. The molecule has 0 atom stereocenters. The molecule has 0 radical (unpaired) electrons. The highest BCUT2D eigenvalue weighted by molar-refractivity contribution is 14.1. The third-order valence-corrected chi connectivity index (χ3v) is 4.42. The van der Waals surface area contributed by atoms with E-state index in [0.717, 1.165) is 28.2 Å². The number of halogens is 1. The van der Waals surface area contributed by atoms with Gasteiger partial charge in [-0.15, -0.1) is 0 Å². The summed E-state index contributed by atoms with van der Waals surface area (Å²) in [6.07, 6.45) is 2.07. The summed E-state index contributed by atoms with van der Waals surface area (Å²) in [6.45, 7) is 0. The van der Waals surface area contributed by atoms with Gasteiger partial charge >= 0.3 is 0 Å². The first-order valence-electron chi connectivity index (χ1n) is 7.11. The quantitative estimate of drug-likeness (QED) is 0.422. The van der Waals surface area contributed by atoms with Gasteiger partial charge in [0.2, 0.25) is 0 Å². The second kappa shape index (κ2) is 5.57. The summed E-state index contributed by atoms with van der Waals surface area (Å²) in [6, 6.07) is 25.0. The highest BCUT2D eigenvalue weighted by Gasteiger charge is 2.13. The third kappa shape index (κ3) is 2.31. The van der Waals surface area contributed by atoms with E-state index in [1.807, 2.05) is 24.3 Å². The summed E-state index contributed by atoms with van der Waals surface area (Å²) in [5, 5.41) is 0. The maximum absolute atomic E-state index is 4.92. The number of pyridine rings is 1. The fourth-order valence-electron chi connectivity index (χ4n) is 2.65. The van der Waals surface area contributed by atoms with E-state index in [1.165, 1.54) is 3.57 Å². The van der Waals surface area contributed by atoms with Gasteiger partial charge in [-0.2, -0.15) is 0 Å². The largest absolute Gasteiger partial charge is 0.299 e. The van der Waals surface area contributed by atoms with Crippen LogP contribution in [0.2, 0.25) is 0 Å². The Bertz CT molecular complexity index is 925. The van der Waals surface area contributed by atoms with Crippen molar-refractivity contribution < 1.29 is 0 Å². The summed E-state index contributed by atoms with van der Waals surface area (Å²) in [5.41, 5.74) is 4.42. The van der Waals surface area contributed by atoms with Crippen molar-refractivity contribution in [2.24, 2.45) is 0 Å². The predicted molar refractivity (Wildman–Crippen MR) is 98.8 cm³/mol. The van der Waals surface area contributed by atoms with E-state index in [1.54, 1.807) is 0 Å². The Morgan fingerprint density at radius 2 is 1.45 bits per heavy atom. The van der Waals surface area contributed by atoms with Gasteiger partial charge in [0.1, 0.15) is 5.82 Å². The van der Waals surface area contributed by atoms with Crippen molar-refractivity contribution in [3.8, 4) is 22.6 Å². The monoisotopic (exact) mass is 396 g/mol. The normalized spacial score (nSPS) is 11.0. The third-order valence-electron chi connectivity index (χ3n) is 3.70. The summed E-state index contributed by atoms with van der Waals surface area (Å²) in [5.74, 6) is 0.978. The zero-order valence-corrected chi connectivity index (χ0v) is 13.9. The van der Waals surface area contributed by atoms with Gasteiger partial charge in [0.25, 0.3) is 0 Å². The molecular weight excluding hydrogens is 383 g/mol. The zero-order chi connectivity index (χ0) is 14.9. The van der Waals surface area contributed by atoms with Crippen molar-refractivity contribution in [2.75, 3.05) is 0 Å². The lowest BCUT2D eigenvalue weighted by Crippen LogP contribution is -1.88. The number of nitrogens with zero attached hydrogens (tertiary/aromatic N) is 2. The van der Waals surface area contributed by atoms with Crippen LogP contribution >= 0.6 is 22.6 Å². The summed E-state index contributed by atoms with van der Waals surface area (Å²) < 4.78 is 3.38. The Morgan fingerprint density at radius 1 is 0.727 bits per heavy atom. The fraction of sp³-hybridized carbons (Fsp3) is 0. The SMILES string of the molecule is Ic1ccc(-c2nc(-c3ccccc3)c3ccccn23)cc1. The Labute approximate surface area is 142 Å². The van der Waals surface area contributed by atoms with Crippen LogP contribution in [0.1, 0.15) is 0 Å². The molecule has 2 nitrogen and oxygen atoms in total. The lowest BCUT2D eigenvalue weighted by atomic mass is 10.1. The van der Waals surface area contributed by atoms with Crippen LogP contribution in [-0.4, -0.2) is 9.38 Å². The Morgan fingerprint density at radius 3 is 2.23 bits per heavy atom. The van der Waals surface area contributed by atoms with Gasteiger partial charge in [0, 0.05) is 20.9 Å². The van der Waals surface area contributed by atoms with Gasteiger partial charge in [-0.05, 0) is 46.9 Å². The van der Waals surface area contributed by atoms with E-state index < -0.39 is 0 Å². The molecule has 0 saturated heterocycles. The van der Waals surface area contributed by atoms with Crippen molar-refractivity contribution in [3.63, 3.8) is 0 Å². The van der Waals surface area contributed by atoms with E-state index >= 15 is 0 Å². The number of imidazole rings is 1. The number of hydrogen-bond acceptors (Lipinski definition) is 1. The molecule has 0 unspecified atom stereocenters. The molecule has 0 aliphatic carbocycles. The summed E-state index contributed by atoms with van der Waals surface area (Å²) in [7, 11) is 0. The lowest BCUT2D eigenvalue weighted by molar-refractivity contribution is 1.16. The zero-order valence-electron chi connectivity index (χ0n) is 11.8. The van der Waals surface area contributed by atoms with Crippen LogP contribution in [-0.2, 0) is 0 Å². The standard InChI is InChI=1S/C19H13IN2/c20-16-11-9-15(10-12-16)19-21-18(14-6-2-1-3-7-14)17-8-4-5-13-22(17)19/h1-13H. The van der Waals surface area contributed by atoms with Gasteiger partial charge in [-0.3, -0.25) is 4.40 Å². The molecule has 2 aromatic heterocycles. The Hall–Kier alpha value is -2.14. The van der Waals surface area contributed by atoms with Gasteiger partial charge in [0.15, 0.2) is 0 Å². The van der Waals surface area contributed by atoms with E-state index in [4.69, 9.17) is 4.98 Å². The second-order valence-electron chi connectivity index (χ2n) is 5.11. The molecule has 0 spiro atoms. The summed E-state index contributed by atoms with van der Waals surface area (Å²) >= 11 is 2.32. The van der Waals surface area contributed by atoms with E-state index in [9.17, 15) is 0 Å². The predicted octanol–water partition coefficient (Wildman–Crippen LogP) is 5.27. The minimum absolute atomic E-state index is 0.978. The van der Waals surface area contributed by atoms with E-state index in [2.05, 4.69) is 81.7 Å². The smallest absolute Gasteiger partial charge is 0.145 e. The molecule has 22 heavy (non-hydrogen) atoms. The van der Waals surface area contributed by atoms with Crippen LogP contribution in [0.25, 0.3) is 28.2 Å². The highest BCUT2D eigenvalue weighted by atomic mass is 127. The summed E-state index contributed by atoms with van der Waals surface area (Å²) in [4.78, 5) is 4.92. The molecule has 106 valence electrons. The fourth-order valence-corrected chi connectivity index (χ4v) is 3.01. The van der Waals surface area contributed by atoms with Gasteiger partial charge in [-0.25, -0.2) is 4.98 Å². The molecule has 4 aromatic rings. The number of aromatic nitrogens is 2. The molecule has 4 rings (SSSR count). The van der Waals surface area contributed by atoms with Crippen molar-refractivity contribution >= 4 is 28.1 Å².